The van der Waals surface area contributed by atoms with Crippen molar-refractivity contribution in [2.75, 3.05) is 0 Å². The second-order valence-electron chi connectivity index (χ2n) is 9.55. The molecule has 1 aliphatic heterocycles. The van der Waals surface area contributed by atoms with Gasteiger partial charge in [0.25, 0.3) is 0 Å². The number of hydrogen-bond acceptors (Lipinski definition) is 0. The minimum atomic E-state index is -0.157. The van der Waals surface area contributed by atoms with Crippen LogP contribution in [0.4, 0.5) is 0 Å². The molecule has 158 valence electrons. The topological polar surface area (TPSA) is 4.93 Å². The van der Waals surface area contributed by atoms with Crippen molar-refractivity contribution in [3.8, 4) is 16.8 Å². The number of nitrogens with zero attached hydrogens (tertiary/aromatic N) is 1. The third-order valence-corrected chi connectivity index (χ3v) is 7.91. The van der Waals surface area contributed by atoms with Crippen molar-refractivity contribution in [2.45, 2.75) is 19.3 Å². The van der Waals surface area contributed by atoms with Gasteiger partial charge in [0.15, 0.2) is 0 Å². The van der Waals surface area contributed by atoms with Crippen LogP contribution in [0, 0.1) is 0 Å². The Bertz CT molecular complexity index is 1750. The van der Waals surface area contributed by atoms with Crippen LogP contribution in [-0.2, 0) is 5.41 Å². The van der Waals surface area contributed by atoms with Crippen LogP contribution in [0.1, 0.15) is 25.0 Å². The van der Waals surface area contributed by atoms with Gasteiger partial charge in [-0.15, -0.1) is 0 Å². The maximum atomic E-state index is 3.75. The van der Waals surface area contributed by atoms with Crippen LogP contribution in [0.15, 0.2) is 102 Å². The SMILES string of the molecule is CC1(C)c2cc(Br)ccc2-n2c3ccccc3c3ccc(-c4cccc5ccccc45)c1c32. The van der Waals surface area contributed by atoms with E-state index in [-0.39, 0.29) is 5.41 Å². The lowest BCUT2D eigenvalue weighted by molar-refractivity contribution is 0.631. The van der Waals surface area contributed by atoms with Gasteiger partial charge in [0.2, 0.25) is 0 Å². The number of hydrogen-bond donors (Lipinski definition) is 0. The predicted molar refractivity (Wildman–Crippen MR) is 144 cm³/mol. The van der Waals surface area contributed by atoms with E-state index >= 15 is 0 Å². The monoisotopic (exact) mass is 487 g/mol. The van der Waals surface area contributed by atoms with Crippen LogP contribution >= 0.6 is 15.9 Å². The molecule has 0 unspecified atom stereocenters. The summed E-state index contributed by atoms with van der Waals surface area (Å²) in [7, 11) is 0. The Kier molecular flexibility index (Phi) is 3.82. The van der Waals surface area contributed by atoms with Crippen molar-refractivity contribution in [2.24, 2.45) is 0 Å². The lowest BCUT2D eigenvalue weighted by Gasteiger charge is -2.36. The number of aromatic nitrogens is 1. The first-order chi connectivity index (χ1) is 16.1. The highest BCUT2D eigenvalue weighted by Gasteiger charge is 2.37. The summed E-state index contributed by atoms with van der Waals surface area (Å²) in [6.45, 7) is 4.76. The molecule has 0 saturated carbocycles. The standard InChI is InChI=1S/C31H22BrN/c1-31(2)26-18-20(32)14-17-28(26)33-27-13-6-5-11-23(27)25-16-15-24(29(31)30(25)33)22-12-7-9-19-8-3-4-10-21(19)22/h3-18H,1-2H3. The molecule has 0 spiro atoms. The highest BCUT2D eigenvalue weighted by atomic mass is 79.9. The van der Waals surface area contributed by atoms with E-state index in [0.29, 0.717) is 0 Å². The number of para-hydroxylation sites is 1. The smallest absolute Gasteiger partial charge is 0.0588 e. The van der Waals surface area contributed by atoms with Gasteiger partial charge >= 0.3 is 0 Å². The van der Waals surface area contributed by atoms with E-state index < -0.39 is 0 Å². The van der Waals surface area contributed by atoms with Crippen LogP contribution in [0.25, 0.3) is 49.4 Å². The highest BCUT2D eigenvalue weighted by molar-refractivity contribution is 9.10. The Hall–Kier alpha value is -3.36. The Balaban J connectivity index is 1.73. The van der Waals surface area contributed by atoms with E-state index in [2.05, 4.69) is 131 Å². The fourth-order valence-electron chi connectivity index (χ4n) is 5.96. The molecular weight excluding hydrogens is 466 g/mol. The van der Waals surface area contributed by atoms with E-state index in [1.54, 1.807) is 0 Å². The molecule has 0 saturated heterocycles. The highest BCUT2D eigenvalue weighted by Crippen LogP contribution is 2.51. The molecule has 0 radical (unpaired) electrons. The summed E-state index contributed by atoms with van der Waals surface area (Å²) in [5, 5.41) is 5.21. The van der Waals surface area contributed by atoms with Crippen molar-refractivity contribution in [1.29, 1.82) is 0 Å². The lowest BCUT2D eigenvalue weighted by Crippen LogP contribution is -2.27. The molecule has 7 rings (SSSR count). The van der Waals surface area contributed by atoms with Gasteiger partial charge in [-0.25, -0.2) is 0 Å². The predicted octanol–water partition coefficient (Wildman–Crippen LogP) is 9.01. The third-order valence-electron chi connectivity index (χ3n) is 7.41. The van der Waals surface area contributed by atoms with Gasteiger partial charge in [-0.1, -0.05) is 103 Å². The second kappa shape index (κ2) is 6.59. The fraction of sp³-hybridized carbons (Fsp3) is 0.0968. The average molecular weight is 488 g/mol. The van der Waals surface area contributed by atoms with Gasteiger partial charge in [0.05, 0.1) is 16.7 Å². The van der Waals surface area contributed by atoms with Crippen molar-refractivity contribution < 1.29 is 0 Å². The van der Waals surface area contributed by atoms with Crippen LogP contribution < -0.4 is 0 Å². The van der Waals surface area contributed by atoms with Crippen molar-refractivity contribution in [1.82, 2.24) is 4.57 Å². The van der Waals surface area contributed by atoms with Crippen molar-refractivity contribution in [3.63, 3.8) is 0 Å². The van der Waals surface area contributed by atoms with Crippen LogP contribution in [0.3, 0.4) is 0 Å². The first kappa shape index (κ1) is 19.1. The molecule has 0 aliphatic carbocycles. The minimum absolute atomic E-state index is 0.157. The third kappa shape index (κ3) is 2.47. The van der Waals surface area contributed by atoms with E-state index in [0.717, 1.165) is 4.47 Å². The van der Waals surface area contributed by atoms with Gasteiger partial charge in [-0.05, 0) is 57.3 Å². The summed E-state index contributed by atoms with van der Waals surface area (Å²) < 4.78 is 3.61. The van der Waals surface area contributed by atoms with Crippen molar-refractivity contribution >= 4 is 48.5 Å². The van der Waals surface area contributed by atoms with E-state index in [4.69, 9.17) is 0 Å². The largest absolute Gasteiger partial charge is 0.309 e. The average Bonchev–Trinajstić information content (AvgIpc) is 3.17. The molecule has 6 aromatic rings. The van der Waals surface area contributed by atoms with Gasteiger partial charge in [-0.3, -0.25) is 0 Å². The van der Waals surface area contributed by atoms with Gasteiger partial charge in [0, 0.05) is 20.7 Å². The van der Waals surface area contributed by atoms with Gasteiger partial charge in [-0.2, -0.15) is 0 Å². The molecule has 33 heavy (non-hydrogen) atoms. The zero-order valence-corrected chi connectivity index (χ0v) is 20.1. The number of rotatable bonds is 1. The Morgan fingerprint density at radius 3 is 2.30 bits per heavy atom. The second-order valence-corrected chi connectivity index (χ2v) is 10.5. The summed E-state index contributed by atoms with van der Waals surface area (Å²) in [5.74, 6) is 0. The molecule has 1 aliphatic rings. The summed E-state index contributed by atoms with van der Waals surface area (Å²) >= 11 is 3.75. The van der Waals surface area contributed by atoms with E-state index in [1.165, 1.54) is 60.5 Å². The van der Waals surface area contributed by atoms with Gasteiger partial charge < -0.3 is 4.57 Å². The van der Waals surface area contributed by atoms with Gasteiger partial charge in [0.1, 0.15) is 0 Å². The quantitative estimate of drug-likeness (QED) is 0.218. The van der Waals surface area contributed by atoms with E-state index in [1.807, 2.05) is 0 Å². The molecular formula is C31H22BrN. The molecule has 2 heteroatoms. The Morgan fingerprint density at radius 1 is 0.667 bits per heavy atom. The molecule has 2 heterocycles. The summed E-state index contributed by atoms with van der Waals surface area (Å²) in [6.07, 6.45) is 0. The Labute approximate surface area is 201 Å². The summed E-state index contributed by atoms with van der Waals surface area (Å²) in [6, 6.07) is 35.6. The Morgan fingerprint density at radius 2 is 1.42 bits per heavy atom. The normalized spacial score (nSPS) is 14.2. The maximum Gasteiger partial charge on any atom is 0.0588 e. The zero-order chi connectivity index (χ0) is 22.3. The first-order valence-electron chi connectivity index (χ1n) is 11.4. The van der Waals surface area contributed by atoms with E-state index in [9.17, 15) is 0 Å². The number of benzene rings is 5. The van der Waals surface area contributed by atoms with Crippen molar-refractivity contribution in [3.05, 3.63) is 113 Å². The summed E-state index contributed by atoms with van der Waals surface area (Å²) in [4.78, 5) is 0. The molecule has 5 aromatic carbocycles. The molecule has 0 bridgehead atoms. The minimum Gasteiger partial charge on any atom is -0.309 e. The number of halogens is 1. The molecule has 0 amide bonds. The number of fused-ring (bicyclic) bond motifs is 6. The fourth-order valence-corrected chi connectivity index (χ4v) is 6.32. The summed E-state index contributed by atoms with van der Waals surface area (Å²) in [5.41, 5.74) is 9.08. The molecule has 1 aromatic heterocycles. The van der Waals surface area contributed by atoms with Crippen LogP contribution in [-0.4, -0.2) is 4.57 Å². The molecule has 0 N–H and O–H groups in total. The van der Waals surface area contributed by atoms with Crippen LogP contribution in [0.5, 0.6) is 0 Å². The zero-order valence-electron chi connectivity index (χ0n) is 18.6. The maximum absolute atomic E-state index is 3.75. The van der Waals surface area contributed by atoms with Crippen LogP contribution in [0.2, 0.25) is 0 Å². The molecule has 0 fully saturated rings. The lowest BCUT2D eigenvalue weighted by atomic mass is 9.71. The molecule has 1 nitrogen and oxygen atoms in total. The molecule has 0 atom stereocenters. The first-order valence-corrected chi connectivity index (χ1v) is 12.2.